The topological polar surface area (TPSA) is 33.5 Å². The van der Waals surface area contributed by atoms with E-state index in [-0.39, 0.29) is 5.63 Å². The van der Waals surface area contributed by atoms with Gasteiger partial charge in [0, 0.05) is 35.6 Å². The molecule has 0 aliphatic heterocycles. The van der Waals surface area contributed by atoms with Gasteiger partial charge in [0.2, 0.25) is 0 Å². The van der Waals surface area contributed by atoms with Crippen molar-refractivity contribution in [3.05, 3.63) is 37.8 Å². The number of nitrogens with zero attached hydrogens (tertiary/aromatic N) is 1. The fourth-order valence-electron chi connectivity index (χ4n) is 2.15. The maximum absolute atomic E-state index is 11.8. The van der Waals surface area contributed by atoms with Crippen LogP contribution >= 0.6 is 38.5 Å². The molecule has 1 aromatic carbocycles. The summed E-state index contributed by atoms with van der Waals surface area (Å²) < 4.78 is 6.05. The molecule has 0 atom stereocenters. The first-order valence-electron chi connectivity index (χ1n) is 6.18. The maximum atomic E-state index is 11.8. The van der Waals surface area contributed by atoms with E-state index in [1.54, 1.807) is 0 Å². The van der Waals surface area contributed by atoms with Crippen LogP contribution in [0.25, 0.3) is 11.0 Å². The highest BCUT2D eigenvalue weighted by atomic mass is 127. The number of rotatable bonds is 4. The summed E-state index contributed by atoms with van der Waals surface area (Å²) in [5.41, 5.74) is 2.48. The summed E-state index contributed by atoms with van der Waals surface area (Å²) in [5.74, 6) is 0. The highest BCUT2D eigenvalue weighted by Gasteiger charge is 2.12. The number of halogens is 2. The first kappa shape index (κ1) is 14.8. The molecule has 0 aliphatic rings. The Balaban J connectivity index is 2.68. The predicted molar refractivity (Wildman–Crippen MR) is 91.4 cm³/mol. The standard InChI is InChI=1S/C14H15BrINO2/c1-3-17(4-2)9-5-6-10-11(8-15)13(16)14(18)19-12(10)7-9/h5-7H,3-4,8H2,1-2H3. The van der Waals surface area contributed by atoms with E-state index >= 15 is 0 Å². The van der Waals surface area contributed by atoms with Gasteiger partial charge >= 0.3 is 5.63 Å². The molecule has 3 nitrogen and oxygen atoms in total. The van der Waals surface area contributed by atoms with Crippen LogP contribution in [-0.4, -0.2) is 13.1 Å². The minimum absolute atomic E-state index is 0.265. The molecule has 0 radical (unpaired) electrons. The molecule has 0 bridgehead atoms. The SMILES string of the molecule is CCN(CC)c1ccc2c(CBr)c(I)c(=O)oc2c1. The molecule has 2 aromatic rings. The monoisotopic (exact) mass is 435 g/mol. The number of fused-ring (bicyclic) bond motifs is 1. The molecular weight excluding hydrogens is 421 g/mol. The molecule has 2 rings (SSSR count). The Labute approximate surface area is 134 Å². The van der Waals surface area contributed by atoms with E-state index in [4.69, 9.17) is 4.42 Å². The fourth-order valence-corrected chi connectivity index (χ4v) is 3.84. The van der Waals surface area contributed by atoms with Gasteiger partial charge in [-0.1, -0.05) is 15.9 Å². The number of hydrogen-bond donors (Lipinski definition) is 0. The van der Waals surface area contributed by atoms with E-state index in [0.717, 1.165) is 29.7 Å². The second-order valence-corrected chi connectivity index (χ2v) is 5.81. The highest BCUT2D eigenvalue weighted by Crippen LogP contribution is 2.27. The molecule has 0 unspecified atom stereocenters. The van der Waals surface area contributed by atoms with Crippen molar-refractivity contribution in [3.8, 4) is 0 Å². The van der Waals surface area contributed by atoms with Crippen LogP contribution in [0.4, 0.5) is 5.69 Å². The summed E-state index contributed by atoms with van der Waals surface area (Å²) in [6.45, 7) is 6.09. The van der Waals surface area contributed by atoms with Crippen molar-refractivity contribution >= 4 is 55.2 Å². The van der Waals surface area contributed by atoms with Crippen LogP contribution in [0.2, 0.25) is 0 Å². The Hall–Kier alpha value is -0.560. The first-order chi connectivity index (χ1) is 9.12. The summed E-state index contributed by atoms with van der Waals surface area (Å²) in [7, 11) is 0. The Bertz CT molecular complexity index is 650. The summed E-state index contributed by atoms with van der Waals surface area (Å²) in [4.78, 5) is 14.1. The fraction of sp³-hybridized carbons (Fsp3) is 0.357. The van der Waals surface area contributed by atoms with Crippen molar-refractivity contribution in [1.29, 1.82) is 0 Å². The van der Waals surface area contributed by atoms with Gasteiger partial charge in [-0.15, -0.1) is 0 Å². The van der Waals surface area contributed by atoms with Crippen molar-refractivity contribution in [1.82, 2.24) is 0 Å². The average Bonchev–Trinajstić information content (AvgIpc) is 2.42. The summed E-state index contributed by atoms with van der Waals surface area (Å²) in [5, 5.41) is 1.65. The van der Waals surface area contributed by atoms with Crippen molar-refractivity contribution < 1.29 is 4.42 Å². The third-order valence-electron chi connectivity index (χ3n) is 3.20. The molecule has 1 heterocycles. The summed E-state index contributed by atoms with van der Waals surface area (Å²) in [6, 6.07) is 6.06. The normalized spacial score (nSPS) is 10.9. The molecule has 1 aromatic heterocycles. The summed E-state index contributed by atoms with van der Waals surface area (Å²) >= 11 is 5.49. The average molecular weight is 436 g/mol. The van der Waals surface area contributed by atoms with Gasteiger partial charge in [-0.25, -0.2) is 4.79 Å². The van der Waals surface area contributed by atoms with Gasteiger partial charge in [-0.2, -0.15) is 0 Å². The zero-order valence-corrected chi connectivity index (χ0v) is 14.6. The van der Waals surface area contributed by atoms with E-state index in [2.05, 4.69) is 40.7 Å². The number of alkyl halides is 1. The maximum Gasteiger partial charge on any atom is 0.350 e. The van der Waals surface area contributed by atoms with Crippen molar-refractivity contribution in [2.24, 2.45) is 0 Å². The molecule has 0 fully saturated rings. The van der Waals surface area contributed by atoms with Gasteiger partial charge < -0.3 is 9.32 Å². The third kappa shape index (κ3) is 2.81. The minimum Gasteiger partial charge on any atom is -0.422 e. The van der Waals surface area contributed by atoms with Crippen molar-refractivity contribution in [2.75, 3.05) is 18.0 Å². The van der Waals surface area contributed by atoms with Crippen LogP contribution in [0.15, 0.2) is 27.4 Å². The predicted octanol–water partition coefficient (Wildman–Crippen LogP) is 4.14. The van der Waals surface area contributed by atoms with Crippen LogP contribution in [0.5, 0.6) is 0 Å². The molecule has 0 N–H and O–H groups in total. The Morgan fingerprint density at radius 2 is 2.00 bits per heavy atom. The van der Waals surface area contributed by atoms with Gasteiger partial charge in [0.15, 0.2) is 0 Å². The van der Waals surface area contributed by atoms with Crippen LogP contribution < -0.4 is 10.5 Å². The van der Waals surface area contributed by atoms with Crippen LogP contribution in [0.3, 0.4) is 0 Å². The molecule has 0 spiro atoms. The lowest BCUT2D eigenvalue weighted by atomic mass is 10.1. The zero-order chi connectivity index (χ0) is 14.0. The molecule has 0 saturated carbocycles. The largest absolute Gasteiger partial charge is 0.422 e. The second-order valence-electron chi connectivity index (χ2n) is 4.17. The van der Waals surface area contributed by atoms with Gasteiger partial charge in [-0.3, -0.25) is 0 Å². The molecule has 102 valence electrons. The third-order valence-corrected chi connectivity index (χ3v) is 4.85. The quantitative estimate of drug-likeness (QED) is 0.411. The van der Waals surface area contributed by atoms with Gasteiger partial charge in [0.25, 0.3) is 0 Å². The minimum atomic E-state index is -0.265. The molecule has 0 aliphatic carbocycles. The van der Waals surface area contributed by atoms with Gasteiger partial charge in [0.1, 0.15) is 9.15 Å². The van der Waals surface area contributed by atoms with Crippen LogP contribution in [0.1, 0.15) is 19.4 Å². The molecule has 0 saturated heterocycles. The zero-order valence-electron chi connectivity index (χ0n) is 10.9. The smallest absolute Gasteiger partial charge is 0.350 e. The Morgan fingerprint density at radius 3 is 2.58 bits per heavy atom. The lowest BCUT2D eigenvalue weighted by Crippen LogP contribution is -2.21. The molecule has 19 heavy (non-hydrogen) atoms. The lowest BCUT2D eigenvalue weighted by Gasteiger charge is -2.21. The number of benzene rings is 1. The van der Waals surface area contributed by atoms with Gasteiger partial charge in [-0.05, 0) is 54.1 Å². The van der Waals surface area contributed by atoms with E-state index < -0.39 is 0 Å². The van der Waals surface area contributed by atoms with E-state index in [0.29, 0.717) is 14.5 Å². The number of anilines is 1. The highest BCUT2D eigenvalue weighted by molar-refractivity contribution is 14.1. The number of hydrogen-bond acceptors (Lipinski definition) is 3. The van der Waals surface area contributed by atoms with Crippen LogP contribution in [0, 0.1) is 3.57 Å². The van der Waals surface area contributed by atoms with Crippen molar-refractivity contribution in [3.63, 3.8) is 0 Å². The Kier molecular flexibility index (Phi) is 4.89. The molecule has 0 amide bonds. The molecule has 5 heteroatoms. The van der Waals surface area contributed by atoms with E-state index in [1.165, 1.54) is 0 Å². The second kappa shape index (κ2) is 6.26. The van der Waals surface area contributed by atoms with E-state index in [9.17, 15) is 4.79 Å². The van der Waals surface area contributed by atoms with Crippen LogP contribution in [-0.2, 0) is 5.33 Å². The Morgan fingerprint density at radius 1 is 1.32 bits per heavy atom. The first-order valence-corrected chi connectivity index (χ1v) is 8.38. The summed E-state index contributed by atoms with van der Waals surface area (Å²) in [6.07, 6.45) is 0. The van der Waals surface area contributed by atoms with E-state index in [1.807, 2.05) is 34.7 Å². The van der Waals surface area contributed by atoms with Crippen molar-refractivity contribution in [2.45, 2.75) is 19.2 Å². The lowest BCUT2D eigenvalue weighted by molar-refractivity contribution is 0.554. The van der Waals surface area contributed by atoms with Gasteiger partial charge in [0.05, 0.1) is 0 Å². The molecular formula is C14H15BrINO2.